The minimum atomic E-state index is -0.811. The highest BCUT2D eigenvalue weighted by molar-refractivity contribution is 6.29. The molecule has 0 heterocycles. The van der Waals surface area contributed by atoms with Crippen LogP contribution in [0.15, 0.2) is 24.8 Å². The molecule has 7 heteroatoms. The van der Waals surface area contributed by atoms with Gasteiger partial charge >= 0.3 is 11.9 Å². The third kappa shape index (κ3) is 12.8. The van der Waals surface area contributed by atoms with E-state index in [0.29, 0.717) is 37.7 Å². The molecule has 1 atom stereocenters. The second kappa shape index (κ2) is 14.2. The van der Waals surface area contributed by atoms with Crippen molar-refractivity contribution in [3.63, 3.8) is 0 Å². The van der Waals surface area contributed by atoms with Gasteiger partial charge in [-0.15, -0.1) is 0 Å². The number of hydrogen-bond donors (Lipinski definition) is 0. The van der Waals surface area contributed by atoms with Crippen molar-refractivity contribution >= 4 is 21.7 Å². The number of carbonyl (C=O) groups excluding carboxylic acids is 2. The fraction of sp³-hybridized carbons (Fsp3) is 0.625. The number of hydrogen-bond acceptors (Lipinski definition) is 6. The molecule has 0 aromatic heterocycles. The monoisotopic (exact) mass is 344 g/mol. The van der Waals surface area contributed by atoms with E-state index in [1.165, 1.54) is 0 Å². The molecule has 0 saturated carbocycles. The molecule has 0 rings (SSSR count). The molecule has 23 heavy (non-hydrogen) atoms. The van der Waals surface area contributed by atoms with Gasteiger partial charge in [0.05, 0.1) is 13.2 Å². The lowest BCUT2D eigenvalue weighted by Gasteiger charge is -2.16. The van der Waals surface area contributed by atoms with Crippen LogP contribution in [-0.4, -0.2) is 48.3 Å². The lowest BCUT2D eigenvalue weighted by Crippen LogP contribution is -2.15. The largest absolute Gasteiger partial charge is 0.463 e. The Balaban J connectivity index is 4.06. The number of ether oxygens (including phenoxy) is 3. The summed E-state index contributed by atoms with van der Waals surface area (Å²) in [6.45, 7) is 12.0. The highest BCUT2D eigenvalue weighted by Gasteiger charge is 2.12. The quantitative estimate of drug-likeness (QED) is 0.158. The van der Waals surface area contributed by atoms with Crippen molar-refractivity contribution in [2.75, 3.05) is 26.6 Å². The van der Waals surface area contributed by atoms with E-state index in [-0.39, 0.29) is 5.97 Å². The molecule has 0 aliphatic heterocycles. The molecule has 0 spiro atoms. The van der Waals surface area contributed by atoms with E-state index in [1.807, 2.05) is 6.92 Å². The molecule has 0 aromatic rings. The third-order valence-corrected chi connectivity index (χ3v) is 4.69. The Kier molecular flexibility index (Phi) is 13.3. The summed E-state index contributed by atoms with van der Waals surface area (Å²) in [6.07, 6.45) is 3.47. The Hall–Kier alpha value is -1.44. The van der Waals surface area contributed by atoms with Crippen LogP contribution >= 0.6 is 0 Å². The van der Waals surface area contributed by atoms with Crippen molar-refractivity contribution in [3.8, 4) is 0 Å². The van der Waals surface area contributed by atoms with Crippen molar-refractivity contribution < 1.29 is 28.2 Å². The molecule has 0 radical (unpaired) electrons. The van der Waals surface area contributed by atoms with E-state index < -0.39 is 15.7 Å². The van der Waals surface area contributed by atoms with Gasteiger partial charge in [0, 0.05) is 18.3 Å². The Morgan fingerprint density at radius 1 is 1.22 bits per heavy atom. The molecule has 0 saturated heterocycles. The summed E-state index contributed by atoms with van der Waals surface area (Å²) in [4.78, 5) is 22.3. The highest BCUT2D eigenvalue weighted by atomic mass is 28.2. The van der Waals surface area contributed by atoms with Crippen LogP contribution < -0.4 is 0 Å². The average molecular weight is 344 g/mol. The van der Waals surface area contributed by atoms with Gasteiger partial charge in [-0.1, -0.05) is 13.2 Å². The van der Waals surface area contributed by atoms with Crippen LogP contribution in [0.25, 0.3) is 0 Å². The Morgan fingerprint density at radius 3 is 2.57 bits per heavy atom. The SMILES string of the molecule is C=CC(=O)OCCCC(CCOC(=O)C(=C)C)[SiH2]OCOCC. The molecule has 0 amide bonds. The minimum Gasteiger partial charge on any atom is -0.463 e. The van der Waals surface area contributed by atoms with Crippen LogP contribution in [0.2, 0.25) is 5.54 Å². The third-order valence-electron chi connectivity index (χ3n) is 3.00. The van der Waals surface area contributed by atoms with E-state index in [0.717, 1.165) is 25.3 Å². The zero-order chi connectivity index (χ0) is 17.5. The van der Waals surface area contributed by atoms with Crippen LogP contribution in [-0.2, 0) is 28.2 Å². The van der Waals surface area contributed by atoms with Crippen LogP contribution in [0, 0.1) is 0 Å². The smallest absolute Gasteiger partial charge is 0.333 e. The molecular weight excluding hydrogens is 316 g/mol. The van der Waals surface area contributed by atoms with E-state index in [4.69, 9.17) is 18.6 Å². The Morgan fingerprint density at radius 2 is 1.96 bits per heavy atom. The molecule has 0 aromatic carbocycles. The zero-order valence-corrected chi connectivity index (χ0v) is 15.6. The first-order valence-electron chi connectivity index (χ1n) is 7.78. The van der Waals surface area contributed by atoms with E-state index in [9.17, 15) is 9.59 Å². The maximum atomic E-state index is 11.4. The summed E-state index contributed by atoms with van der Waals surface area (Å²) in [5.41, 5.74) is 0.721. The van der Waals surface area contributed by atoms with Gasteiger partial charge in [-0.05, 0) is 38.7 Å². The topological polar surface area (TPSA) is 71.1 Å². The standard InChI is InChI=1S/C16H28O6Si/c1-5-15(17)20-10-7-8-14(23-22-12-19-6-2)9-11-21-16(18)13(3)4/h5,14H,1,3,6-12,23H2,2,4H3. The van der Waals surface area contributed by atoms with Crippen LogP contribution in [0.5, 0.6) is 0 Å². The average Bonchev–Trinajstić information content (AvgIpc) is 2.54. The first-order chi connectivity index (χ1) is 11.0. The Labute approximate surface area is 140 Å². The summed E-state index contributed by atoms with van der Waals surface area (Å²) in [5, 5.41) is 0. The molecule has 1 unspecified atom stereocenters. The molecule has 6 nitrogen and oxygen atoms in total. The highest BCUT2D eigenvalue weighted by Crippen LogP contribution is 2.18. The first kappa shape index (κ1) is 21.6. The predicted molar refractivity (Wildman–Crippen MR) is 90.7 cm³/mol. The minimum absolute atomic E-state index is 0.302. The van der Waals surface area contributed by atoms with E-state index in [2.05, 4.69) is 13.2 Å². The maximum absolute atomic E-state index is 11.4. The predicted octanol–water partition coefficient (Wildman–Crippen LogP) is 1.89. The summed E-state index contributed by atoms with van der Waals surface area (Å²) in [6, 6.07) is 0. The van der Waals surface area contributed by atoms with E-state index in [1.54, 1.807) is 6.92 Å². The summed E-state index contributed by atoms with van der Waals surface area (Å²) < 4.78 is 20.8. The van der Waals surface area contributed by atoms with Crippen molar-refractivity contribution in [3.05, 3.63) is 24.8 Å². The van der Waals surface area contributed by atoms with Gasteiger partial charge in [0.15, 0.2) is 9.76 Å². The number of rotatable bonds is 14. The lowest BCUT2D eigenvalue weighted by molar-refractivity contribution is -0.139. The lowest BCUT2D eigenvalue weighted by atomic mass is 10.2. The fourth-order valence-corrected chi connectivity index (χ4v) is 3.05. The van der Waals surface area contributed by atoms with Crippen LogP contribution in [0.3, 0.4) is 0 Å². The van der Waals surface area contributed by atoms with Crippen molar-refractivity contribution in [1.29, 1.82) is 0 Å². The van der Waals surface area contributed by atoms with Crippen molar-refractivity contribution in [2.24, 2.45) is 0 Å². The van der Waals surface area contributed by atoms with Crippen molar-refractivity contribution in [2.45, 2.75) is 38.7 Å². The number of esters is 2. The zero-order valence-electron chi connectivity index (χ0n) is 14.2. The van der Waals surface area contributed by atoms with Gasteiger partial charge in [0.2, 0.25) is 0 Å². The first-order valence-corrected chi connectivity index (χ1v) is 9.17. The molecular formula is C16H28O6Si. The molecule has 0 aliphatic rings. The van der Waals surface area contributed by atoms with Gasteiger partial charge in [-0.2, -0.15) is 0 Å². The van der Waals surface area contributed by atoms with E-state index >= 15 is 0 Å². The summed E-state index contributed by atoms with van der Waals surface area (Å²) in [5.74, 6) is -0.789. The van der Waals surface area contributed by atoms with Gasteiger partial charge < -0.3 is 18.6 Å². The van der Waals surface area contributed by atoms with Gasteiger partial charge in [-0.25, -0.2) is 9.59 Å². The summed E-state index contributed by atoms with van der Waals surface area (Å²) in [7, 11) is -0.811. The normalized spacial score (nSPS) is 12.1. The second-order valence-electron chi connectivity index (χ2n) is 5.07. The molecule has 0 fully saturated rings. The van der Waals surface area contributed by atoms with Gasteiger partial charge in [0.1, 0.15) is 6.79 Å². The molecule has 0 aliphatic carbocycles. The maximum Gasteiger partial charge on any atom is 0.333 e. The van der Waals surface area contributed by atoms with Gasteiger partial charge in [-0.3, -0.25) is 0 Å². The van der Waals surface area contributed by atoms with Crippen LogP contribution in [0.1, 0.15) is 33.1 Å². The van der Waals surface area contributed by atoms with Gasteiger partial charge in [0.25, 0.3) is 0 Å². The molecule has 0 N–H and O–H groups in total. The van der Waals surface area contributed by atoms with Crippen LogP contribution in [0.4, 0.5) is 0 Å². The number of carbonyl (C=O) groups is 2. The second-order valence-corrected chi connectivity index (χ2v) is 6.96. The van der Waals surface area contributed by atoms with Crippen molar-refractivity contribution in [1.82, 2.24) is 0 Å². The fourth-order valence-electron chi connectivity index (χ4n) is 1.71. The Bertz CT molecular complexity index is 383. The summed E-state index contributed by atoms with van der Waals surface area (Å²) >= 11 is 0. The molecule has 0 bridgehead atoms. The molecule has 132 valence electrons.